The van der Waals surface area contributed by atoms with E-state index < -0.39 is 0 Å². The summed E-state index contributed by atoms with van der Waals surface area (Å²) in [5, 5.41) is 9.90. The summed E-state index contributed by atoms with van der Waals surface area (Å²) in [6.07, 6.45) is 3.40. The Morgan fingerprint density at radius 1 is 1.25 bits per heavy atom. The molecule has 3 rings (SSSR count). The number of halogens is 2. The van der Waals surface area contributed by atoms with Gasteiger partial charge < -0.3 is 4.57 Å². The highest BCUT2D eigenvalue weighted by Crippen LogP contribution is 2.31. The van der Waals surface area contributed by atoms with Crippen LogP contribution in [0.5, 0.6) is 0 Å². The van der Waals surface area contributed by atoms with Gasteiger partial charge in [0.2, 0.25) is 0 Å². The van der Waals surface area contributed by atoms with Gasteiger partial charge in [-0.15, -0.1) is 0 Å². The fraction of sp³-hybridized carbons (Fsp3) is 0.0714. The van der Waals surface area contributed by atoms with Crippen LogP contribution in [0.2, 0.25) is 10.0 Å². The van der Waals surface area contributed by atoms with Crippen LogP contribution in [0.25, 0.3) is 22.4 Å². The first-order valence-corrected chi connectivity index (χ1v) is 6.59. The Morgan fingerprint density at radius 3 is 2.75 bits per heavy atom. The minimum atomic E-state index is 0.179. The van der Waals surface area contributed by atoms with Crippen LogP contribution in [0.4, 0.5) is 0 Å². The van der Waals surface area contributed by atoms with E-state index in [1.54, 1.807) is 29.1 Å². The Balaban J connectivity index is 2.32. The lowest BCUT2D eigenvalue weighted by Crippen LogP contribution is -1.98. The van der Waals surface area contributed by atoms with Crippen molar-refractivity contribution in [3.63, 3.8) is 0 Å². The first-order chi connectivity index (χ1) is 9.70. The lowest BCUT2D eigenvalue weighted by atomic mass is 10.2. The van der Waals surface area contributed by atoms with Crippen molar-refractivity contribution in [2.45, 2.75) is 6.54 Å². The van der Waals surface area contributed by atoms with Crippen molar-refractivity contribution in [1.29, 1.82) is 5.26 Å². The molecule has 0 bridgehead atoms. The first kappa shape index (κ1) is 12.9. The van der Waals surface area contributed by atoms with E-state index in [0.717, 1.165) is 11.1 Å². The van der Waals surface area contributed by atoms with Crippen LogP contribution >= 0.6 is 23.2 Å². The molecule has 0 aliphatic heterocycles. The number of hydrogen-bond donors (Lipinski definition) is 0. The van der Waals surface area contributed by atoms with Gasteiger partial charge in [0, 0.05) is 18.0 Å². The molecule has 0 saturated carbocycles. The van der Waals surface area contributed by atoms with Gasteiger partial charge in [0.25, 0.3) is 0 Å². The number of rotatable bonds is 2. The molecule has 3 aromatic rings. The maximum atomic E-state index is 9.02. The number of hydrogen-bond acceptors (Lipinski definition) is 3. The Kier molecular flexibility index (Phi) is 3.31. The van der Waals surface area contributed by atoms with E-state index in [-0.39, 0.29) is 6.54 Å². The molecule has 0 atom stereocenters. The van der Waals surface area contributed by atoms with E-state index in [1.165, 1.54) is 0 Å². The number of aromatic nitrogens is 3. The number of nitrogens with zero attached hydrogens (tertiary/aromatic N) is 4. The van der Waals surface area contributed by atoms with E-state index in [1.807, 2.05) is 12.1 Å². The molecule has 0 saturated heterocycles. The fourth-order valence-corrected chi connectivity index (χ4v) is 2.38. The van der Waals surface area contributed by atoms with E-state index in [4.69, 9.17) is 28.5 Å². The van der Waals surface area contributed by atoms with Gasteiger partial charge in [0.05, 0.1) is 27.1 Å². The van der Waals surface area contributed by atoms with Crippen LogP contribution in [-0.4, -0.2) is 14.5 Å². The second kappa shape index (κ2) is 5.12. The van der Waals surface area contributed by atoms with E-state index in [0.29, 0.717) is 21.4 Å². The van der Waals surface area contributed by atoms with Gasteiger partial charge in [-0.05, 0) is 24.3 Å². The molecule has 6 heteroatoms. The molecule has 0 N–H and O–H groups in total. The quantitative estimate of drug-likeness (QED) is 0.720. The number of fused-ring (bicyclic) bond motifs is 1. The highest BCUT2D eigenvalue weighted by atomic mass is 35.5. The molecule has 0 amide bonds. The van der Waals surface area contributed by atoms with Crippen molar-refractivity contribution >= 4 is 34.2 Å². The molecule has 98 valence electrons. The van der Waals surface area contributed by atoms with Crippen molar-refractivity contribution in [2.75, 3.05) is 0 Å². The largest absolute Gasteiger partial charge is 0.310 e. The monoisotopic (exact) mass is 302 g/mol. The smallest absolute Gasteiger partial charge is 0.143 e. The molecule has 2 heterocycles. The molecule has 1 aromatic carbocycles. The third-order valence-electron chi connectivity index (χ3n) is 2.94. The molecule has 4 nitrogen and oxygen atoms in total. The Hall–Kier alpha value is -2.09. The van der Waals surface area contributed by atoms with Crippen LogP contribution < -0.4 is 0 Å². The zero-order valence-corrected chi connectivity index (χ0v) is 11.7. The lowest BCUT2D eigenvalue weighted by molar-refractivity contribution is 0.869. The van der Waals surface area contributed by atoms with Gasteiger partial charge in [0.15, 0.2) is 0 Å². The Morgan fingerprint density at radius 2 is 2.05 bits per heavy atom. The van der Waals surface area contributed by atoms with Crippen LogP contribution in [-0.2, 0) is 6.54 Å². The summed E-state index contributed by atoms with van der Waals surface area (Å²) in [5.74, 6) is 0.674. The molecular weight excluding hydrogens is 295 g/mol. The molecule has 0 fully saturated rings. The predicted octanol–water partition coefficient (Wildman–Crippen LogP) is 3.93. The van der Waals surface area contributed by atoms with Gasteiger partial charge in [-0.2, -0.15) is 5.26 Å². The molecule has 0 aliphatic rings. The molecule has 0 spiro atoms. The highest BCUT2D eigenvalue weighted by Gasteiger charge is 2.14. The predicted molar refractivity (Wildman–Crippen MR) is 78.6 cm³/mol. The van der Waals surface area contributed by atoms with Gasteiger partial charge in [-0.1, -0.05) is 23.2 Å². The molecule has 2 aromatic heterocycles. The number of benzene rings is 1. The van der Waals surface area contributed by atoms with Gasteiger partial charge >= 0.3 is 0 Å². The summed E-state index contributed by atoms with van der Waals surface area (Å²) in [4.78, 5) is 8.61. The Labute approximate surface area is 125 Å². The van der Waals surface area contributed by atoms with Gasteiger partial charge in [-0.25, -0.2) is 4.98 Å². The lowest BCUT2D eigenvalue weighted by Gasteiger charge is -2.04. The second-order valence-electron chi connectivity index (χ2n) is 4.18. The van der Waals surface area contributed by atoms with Crippen molar-refractivity contribution in [3.8, 4) is 17.5 Å². The third-order valence-corrected chi connectivity index (χ3v) is 3.66. The summed E-state index contributed by atoms with van der Waals surface area (Å²) in [7, 11) is 0. The number of pyridine rings is 1. The average molecular weight is 303 g/mol. The zero-order chi connectivity index (χ0) is 14.1. The SMILES string of the molecule is N#CCn1c(-c2cccnc2)nc2cc(Cl)c(Cl)cc21. The molecular formula is C14H8Cl2N4. The molecule has 0 unspecified atom stereocenters. The molecule has 20 heavy (non-hydrogen) atoms. The van der Waals surface area contributed by atoms with Crippen LogP contribution in [0, 0.1) is 11.3 Å². The van der Waals surface area contributed by atoms with Gasteiger partial charge in [0.1, 0.15) is 12.4 Å². The third kappa shape index (κ3) is 2.11. The standard InChI is InChI=1S/C14H8Cl2N4/c15-10-6-12-13(7-11(10)16)20(5-3-17)14(19-12)9-2-1-4-18-8-9/h1-2,4,6-8H,5H2. The summed E-state index contributed by atoms with van der Waals surface area (Å²) < 4.78 is 1.80. The van der Waals surface area contributed by atoms with Crippen molar-refractivity contribution in [1.82, 2.24) is 14.5 Å². The van der Waals surface area contributed by atoms with E-state index >= 15 is 0 Å². The number of imidazole rings is 1. The van der Waals surface area contributed by atoms with Crippen molar-refractivity contribution in [2.24, 2.45) is 0 Å². The topological polar surface area (TPSA) is 54.5 Å². The second-order valence-corrected chi connectivity index (χ2v) is 4.99. The van der Waals surface area contributed by atoms with Crippen LogP contribution in [0.3, 0.4) is 0 Å². The summed E-state index contributed by atoms with van der Waals surface area (Å²) in [5.41, 5.74) is 2.32. The Bertz CT molecular complexity index is 819. The van der Waals surface area contributed by atoms with E-state index in [2.05, 4.69) is 16.0 Å². The maximum Gasteiger partial charge on any atom is 0.143 e. The maximum absolute atomic E-state index is 9.02. The van der Waals surface area contributed by atoms with Crippen LogP contribution in [0.15, 0.2) is 36.7 Å². The summed E-state index contributed by atoms with van der Waals surface area (Å²) >= 11 is 12.1. The normalized spacial score (nSPS) is 10.7. The minimum Gasteiger partial charge on any atom is -0.310 e. The van der Waals surface area contributed by atoms with Crippen LogP contribution in [0.1, 0.15) is 0 Å². The molecule has 0 radical (unpaired) electrons. The zero-order valence-electron chi connectivity index (χ0n) is 10.2. The fourth-order valence-electron chi connectivity index (χ4n) is 2.07. The van der Waals surface area contributed by atoms with Gasteiger partial charge in [-0.3, -0.25) is 4.98 Å². The van der Waals surface area contributed by atoms with Crippen molar-refractivity contribution in [3.05, 3.63) is 46.7 Å². The van der Waals surface area contributed by atoms with Crippen molar-refractivity contribution < 1.29 is 0 Å². The van der Waals surface area contributed by atoms with E-state index in [9.17, 15) is 0 Å². The first-order valence-electron chi connectivity index (χ1n) is 5.83. The average Bonchev–Trinajstić information content (AvgIpc) is 2.79. The summed E-state index contributed by atoms with van der Waals surface area (Å²) in [6.45, 7) is 0.179. The minimum absolute atomic E-state index is 0.179. The summed E-state index contributed by atoms with van der Waals surface area (Å²) in [6, 6.07) is 9.28. The highest BCUT2D eigenvalue weighted by molar-refractivity contribution is 6.42. The number of nitriles is 1. The molecule has 0 aliphatic carbocycles.